The van der Waals surface area contributed by atoms with Crippen LogP contribution in [0.25, 0.3) is 0 Å². The van der Waals surface area contributed by atoms with Crippen LogP contribution in [0.15, 0.2) is 42.5 Å². The number of rotatable bonds is 7. The smallest absolute Gasteiger partial charge is 0.260 e. The van der Waals surface area contributed by atoms with Crippen molar-refractivity contribution in [2.45, 2.75) is 33.8 Å². The van der Waals surface area contributed by atoms with Gasteiger partial charge in [0.25, 0.3) is 5.91 Å². The van der Waals surface area contributed by atoms with Crippen LogP contribution in [0.4, 0.5) is 0 Å². The van der Waals surface area contributed by atoms with Gasteiger partial charge in [-0.1, -0.05) is 24.3 Å². The Hall–Kier alpha value is -2.49. The molecule has 0 saturated heterocycles. The lowest BCUT2D eigenvalue weighted by Crippen LogP contribution is -2.38. The predicted molar refractivity (Wildman–Crippen MR) is 95.7 cm³/mol. The number of hydrogen-bond acceptors (Lipinski definition) is 3. The minimum atomic E-state index is -0.551. The van der Waals surface area contributed by atoms with Crippen LogP contribution >= 0.6 is 0 Å². The van der Waals surface area contributed by atoms with Gasteiger partial charge in [-0.15, -0.1) is 0 Å². The summed E-state index contributed by atoms with van der Waals surface area (Å²) in [5.41, 5.74) is 3.35. The van der Waals surface area contributed by atoms with E-state index in [1.54, 1.807) is 6.92 Å². The monoisotopic (exact) mass is 327 g/mol. The molecule has 0 spiro atoms. The Kier molecular flexibility index (Phi) is 6.24. The zero-order valence-electron chi connectivity index (χ0n) is 14.8. The lowest BCUT2D eigenvalue weighted by atomic mass is 10.1. The van der Waals surface area contributed by atoms with Gasteiger partial charge in [-0.3, -0.25) is 4.79 Å². The molecule has 2 aromatic carbocycles. The number of amides is 1. The average Bonchev–Trinajstić information content (AvgIpc) is 2.55. The Bertz CT molecular complexity index is 697. The van der Waals surface area contributed by atoms with Crippen LogP contribution in [-0.4, -0.2) is 25.2 Å². The summed E-state index contributed by atoms with van der Waals surface area (Å²) >= 11 is 0. The van der Waals surface area contributed by atoms with Crippen molar-refractivity contribution in [3.63, 3.8) is 0 Å². The maximum Gasteiger partial charge on any atom is 0.260 e. The van der Waals surface area contributed by atoms with Crippen molar-refractivity contribution in [1.29, 1.82) is 0 Å². The van der Waals surface area contributed by atoms with E-state index in [9.17, 15) is 4.79 Å². The number of ether oxygens (including phenoxy) is 2. The van der Waals surface area contributed by atoms with Crippen LogP contribution in [-0.2, 0) is 4.79 Å². The molecule has 1 atom stereocenters. The zero-order chi connectivity index (χ0) is 17.5. The second kappa shape index (κ2) is 8.39. The van der Waals surface area contributed by atoms with Gasteiger partial charge < -0.3 is 14.8 Å². The van der Waals surface area contributed by atoms with E-state index < -0.39 is 6.10 Å². The second-order valence-electron chi connectivity index (χ2n) is 5.91. The first-order chi connectivity index (χ1) is 11.5. The molecule has 24 heavy (non-hydrogen) atoms. The third-order valence-electron chi connectivity index (χ3n) is 3.89. The molecular formula is C20H25NO3. The molecule has 2 aromatic rings. The first-order valence-corrected chi connectivity index (χ1v) is 8.17. The molecule has 0 heterocycles. The minimum absolute atomic E-state index is 0.149. The van der Waals surface area contributed by atoms with E-state index in [-0.39, 0.29) is 5.91 Å². The first-order valence-electron chi connectivity index (χ1n) is 8.17. The molecule has 4 nitrogen and oxygen atoms in total. The van der Waals surface area contributed by atoms with Crippen LogP contribution in [0.3, 0.4) is 0 Å². The summed E-state index contributed by atoms with van der Waals surface area (Å²) in [5, 5.41) is 2.83. The first kappa shape index (κ1) is 17.9. The standard InChI is InChI=1S/C20H25NO3/c1-14-7-5-9-18(13-14)23-12-11-21-20(22)17(4)24-19-10-6-8-15(2)16(19)3/h5-10,13,17H,11-12H2,1-4H3,(H,21,22)/t17-/m0/s1. The molecule has 0 aliphatic rings. The van der Waals surface area contributed by atoms with Gasteiger partial charge in [0, 0.05) is 0 Å². The molecule has 0 bridgehead atoms. The number of hydrogen-bond donors (Lipinski definition) is 1. The van der Waals surface area contributed by atoms with E-state index in [1.165, 1.54) is 0 Å². The molecule has 0 aromatic heterocycles. The number of carbonyl (C=O) groups excluding carboxylic acids is 1. The summed E-state index contributed by atoms with van der Waals surface area (Å²) in [6.45, 7) is 8.64. The second-order valence-corrected chi connectivity index (χ2v) is 5.91. The summed E-state index contributed by atoms with van der Waals surface area (Å²) in [5.74, 6) is 1.40. The van der Waals surface area contributed by atoms with Crippen molar-refractivity contribution >= 4 is 5.91 Å². The Morgan fingerprint density at radius 3 is 2.62 bits per heavy atom. The molecular weight excluding hydrogens is 302 g/mol. The average molecular weight is 327 g/mol. The summed E-state index contributed by atoms with van der Waals surface area (Å²) in [6, 6.07) is 13.7. The van der Waals surface area contributed by atoms with E-state index in [4.69, 9.17) is 9.47 Å². The molecule has 0 aliphatic carbocycles. The van der Waals surface area contributed by atoms with E-state index in [0.717, 1.165) is 28.2 Å². The fraction of sp³-hybridized carbons (Fsp3) is 0.350. The summed E-state index contributed by atoms with van der Waals surface area (Å²) in [7, 11) is 0. The van der Waals surface area contributed by atoms with Crippen molar-refractivity contribution in [2.75, 3.05) is 13.2 Å². The van der Waals surface area contributed by atoms with Gasteiger partial charge in [-0.25, -0.2) is 0 Å². The van der Waals surface area contributed by atoms with Crippen molar-refractivity contribution in [1.82, 2.24) is 5.32 Å². The lowest BCUT2D eigenvalue weighted by molar-refractivity contribution is -0.127. The van der Waals surface area contributed by atoms with Gasteiger partial charge >= 0.3 is 0 Å². The van der Waals surface area contributed by atoms with Crippen LogP contribution in [0.1, 0.15) is 23.6 Å². The number of benzene rings is 2. The van der Waals surface area contributed by atoms with Crippen molar-refractivity contribution in [2.24, 2.45) is 0 Å². The zero-order valence-corrected chi connectivity index (χ0v) is 14.8. The highest BCUT2D eigenvalue weighted by Gasteiger charge is 2.15. The van der Waals surface area contributed by atoms with Crippen LogP contribution in [0.2, 0.25) is 0 Å². The van der Waals surface area contributed by atoms with Gasteiger partial charge in [-0.2, -0.15) is 0 Å². The normalized spacial score (nSPS) is 11.7. The third-order valence-corrected chi connectivity index (χ3v) is 3.89. The Morgan fingerprint density at radius 2 is 1.88 bits per heavy atom. The van der Waals surface area contributed by atoms with Crippen LogP contribution < -0.4 is 14.8 Å². The van der Waals surface area contributed by atoms with Crippen LogP contribution in [0, 0.1) is 20.8 Å². The van der Waals surface area contributed by atoms with Crippen LogP contribution in [0.5, 0.6) is 11.5 Å². The van der Waals surface area contributed by atoms with E-state index in [0.29, 0.717) is 13.2 Å². The molecule has 0 fully saturated rings. The van der Waals surface area contributed by atoms with Gasteiger partial charge in [0.2, 0.25) is 0 Å². The largest absolute Gasteiger partial charge is 0.492 e. The third kappa shape index (κ3) is 5.01. The SMILES string of the molecule is Cc1cccc(OCCNC(=O)[C@H](C)Oc2cccc(C)c2C)c1. The molecule has 2 rings (SSSR count). The van der Waals surface area contributed by atoms with E-state index in [1.807, 2.05) is 63.2 Å². The van der Waals surface area contributed by atoms with Gasteiger partial charge in [0.15, 0.2) is 6.10 Å². The molecule has 0 aliphatic heterocycles. The molecule has 0 unspecified atom stereocenters. The van der Waals surface area contributed by atoms with Crippen molar-refractivity contribution < 1.29 is 14.3 Å². The highest BCUT2D eigenvalue weighted by atomic mass is 16.5. The van der Waals surface area contributed by atoms with Gasteiger partial charge in [0.1, 0.15) is 18.1 Å². The Labute approximate surface area is 143 Å². The highest BCUT2D eigenvalue weighted by Crippen LogP contribution is 2.21. The molecule has 4 heteroatoms. The summed E-state index contributed by atoms with van der Waals surface area (Å²) in [6.07, 6.45) is -0.551. The Morgan fingerprint density at radius 1 is 1.12 bits per heavy atom. The molecule has 1 N–H and O–H groups in total. The summed E-state index contributed by atoms with van der Waals surface area (Å²) in [4.78, 5) is 12.1. The predicted octanol–water partition coefficient (Wildman–Crippen LogP) is 3.57. The van der Waals surface area contributed by atoms with Gasteiger partial charge in [0.05, 0.1) is 6.54 Å². The maximum absolute atomic E-state index is 12.1. The Balaban J connectivity index is 1.76. The van der Waals surface area contributed by atoms with Gasteiger partial charge in [-0.05, 0) is 62.6 Å². The number of aryl methyl sites for hydroxylation is 2. The molecule has 0 radical (unpaired) electrons. The maximum atomic E-state index is 12.1. The lowest BCUT2D eigenvalue weighted by Gasteiger charge is -2.17. The topological polar surface area (TPSA) is 47.6 Å². The van der Waals surface area contributed by atoms with E-state index in [2.05, 4.69) is 5.32 Å². The quantitative estimate of drug-likeness (QED) is 0.791. The minimum Gasteiger partial charge on any atom is -0.492 e. The number of carbonyl (C=O) groups is 1. The summed E-state index contributed by atoms with van der Waals surface area (Å²) < 4.78 is 11.4. The fourth-order valence-electron chi connectivity index (χ4n) is 2.29. The fourth-order valence-corrected chi connectivity index (χ4v) is 2.29. The highest BCUT2D eigenvalue weighted by molar-refractivity contribution is 5.80. The molecule has 0 saturated carbocycles. The van der Waals surface area contributed by atoms with Crippen molar-refractivity contribution in [3.8, 4) is 11.5 Å². The molecule has 128 valence electrons. The van der Waals surface area contributed by atoms with Crippen molar-refractivity contribution in [3.05, 3.63) is 59.2 Å². The molecule has 1 amide bonds. The van der Waals surface area contributed by atoms with E-state index >= 15 is 0 Å². The number of nitrogens with one attached hydrogen (secondary N) is 1.